The normalized spacial score (nSPS) is 16.2. The highest BCUT2D eigenvalue weighted by molar-refractivity contribution is 7.91. The molecule has 13 nitrogen and oxygen atoms in total. The zero-order valence-corrected chi connectivity index (χ0v) is 35.0. The zero-order valence-electron chi connectivity index (χ0n) is 33.4. The number of anilines is 2. The third-order valence-electron chi connectivity index (χ3n) is 11.8. The molecule has 1 atom stereocenters. The first-order valence-electron chi connectivity index (χ1n) is 20.5. The number of nitrogens with zero attached hydrogens (tertiary/aromatic N) is 4. The van der Waals surface area contributed by atoms with E-state index in [1.165, 1.54) is 19.3 Å². The highest BCUT2D eigenvalue weighted by atomic mass is 32.2. The fourth-order valence-corrected chi connectivity index (χ4v) is 12.4. The lowest BCUT2D eigenvalue weighted by Gasteiger charge is -2.21. The van der Waals surface area contributed by atoms with Gasteiger partial charge in [-0.05, 0) is 99.2 Å². The molecule has 0 aliphatic heterocycles. The number of nitrogens with two attached hydrogens (primary N) is 2. The van der Waals surface area contributed by atoms with E-state index < -0.39 is 20.6 Å². The van der Waals surface area contributed by atoms with Crippen LogP contribution in [0, 0.1) is 13.8 Å². The van der Waals surface area contributed by atoms with Crippen LogP contribution < -0.4 is 11.5 Å². The molecule has 8 N–H and O–H groups in total. The molecule has 6 aromatic heterocycles. The van der Waals surface area contributed by atoms with Crippen molar-refractivity contribution in [3.8, 4) is 22.5 Å². The summed E-state index contributed by atoms with van der Waals surface area (Å²) in [6, 6.07) is 20.0. The average Bonchev–Trinajstić information content (AvgIpc) is 4.01. The van der Waals surface area contributed by atoms with Crippen molar-refractivity contribution in [2.45, 2.75) is 100 Å². The van der Waals surface area contributed by atoms with Gasteiger partial charge in [0.1, 0.15) is 23.3 Å². The molecule has 2 aliphatic carbocycles. The minimum atomic E-state index is -3.13. The number of aromatic amines is 4. The van der Waals surface area contributed by atoms with Gasteiger partial charge < -0.3 is 31.4 Å². The fourth-order valence-electron chi connectivity index (χ4n) is 8.89. The highest BCUT2D eigenvalue weighted by Crippen LogP contribution is 2.34. The smallest absolute Gasteiger partial charge is 0.180 e. The molecular weight excluding hydrogens is 781 g/mol. The Bertz CT molecular complexity index is 2970. The van der Waals surface area contributed by atoms with E-state index in [2.05, 4.69) is 64.1 Å². The largest absolute Gasteiger partial charge is 0.384 e. The van der Waals surface area contributed by atoms with Crippen LogP contribution in [-0.2, 0) is 32.1 Å². The van der Waals surface area contributed by atoms with Crippen LogP contribution in [0.15, 0.2) is 60.7 Å². The van der Waals surface area contributed by atoms with E-state index in [1.807, 2.05) is 50.2 Å². The SMILES string of the molecule is Cc1nc2nc(N)cc(-c3cc4cc(CS(=O)(=O)C5CCCCC5)ccc4[nH]3)c2[nH]1.Cc1nc2nc(N)cc(-c3cc4cc(CS(=O)C5CCCCC5)ccc4[nH]3)c2[nH]1. The van der Waals surface area contributed by atoms with E-state index in [9.17, 15) is 12.6 Å². The van der Waals surface area contributed by atoms with Crippen LogP contribution in [-0.4, -0.2) is 63.0 Å². The van der Waals surface area contributed by atoms with Crippen LogP contribution in [0.1, 0.15) is 87.0 Å². The van der Waals surface area contributed by atoms with Gasteiger partial charge in [-0.25, -0.2) is 28.4 Å². The lowest BCUT2D eigenvalue weighted by molar-refractivity contribution is 0.483. The van der Waals surface area contributed by atoms with Gasteiger partial charge in [-0.3, -0.25) is 4.21 Å². The topological polar surface area (TPSA) is 218 Å². The molecule has 2 aliphatic rings. The molecule has 15 heteroatoms. The van der Waals surface area contributed by atoms with Crippen LogP contribution >= 0.6 is 0 Å². The van der Waals surface area contributed by atoms with Crippen molar-refractivity contribution in [1.29, 1.82) is 0 Å². The summed E-state index contributed by atoms with van der Waals surface area (Å²) >= 11 is 0. The average molecular weight is 831 g/mol. The molecule has 0 spiro atoms. The summed E-state index contributed by atoms with van der Waals surface area (Å²) in [5, 5.41) is 2.25. The number of sulfone groups is 1. The highest BCUT2D eigenvalue weighted by Gasteiger charge is 2.27. The van der Waals surface area contributed by atoms with Crippen molar-refractivity contribution >= 4 is 76.4 Å². The Kier molecular flexibility index (Phi) is 10.5. The molecule has 6 heterocycles. The van der Waals surface area contributed by atoms with Gasteiger partial charge >= 0.3 is 0 Å². The number of imidazole rings is 2. The number of H-pyrrole nitrogens is 4. The monoisotopic (exact) mass is 830 g/mol. The third kappa shape index (κ3) is 8.22. The molecule has 2 saturated carbocycles. The first-order valence-corrected chi connectivity index (χ1v) is 23.6. The molecule has 0 radical (unpaired) electrons. The van der Waals surface area contributed by atoms with Gasteiger partial charge in [0.2, 0.25) is 0 Å². The van der Waals surface area contributed by atoms with Gasteiger partial charge in [0.15, 0.2) is 21.1 Å². The standard InChI is InChI=1S/C22H25N5O2S.C22H25N5OS/c1-13-24-21-17(11-20(23)27-22(21)25-13)19-10-15-9-14(7-8-18(15)26-19)12-30(28,29)16-5-3-2-4-6-16;1-13-24-21-17(11-20(23)27-22(21)25-13)19-10-15-9-14(7-8-18(15)26-19)12-29(28)16-5-3-2-4-6-16/h7-11,16,26H,2-6,12H2,1H3,(H3,23,24,25,27);7-11,16,26H,2-6,12H2,1H3,(H3,23,24,25,27). The zero-order chi connectivity index (χ0) is 40.8. The van der Waals surface area contributed by atoms with Gasteiger partial charge in [-0.2, -0.15) is 0 Å². The van der Waals surface area contributed by atoms with Crippen LogP contribution in [0.4, 0.5) is 11.6 Å². The Labute approximate surface area is 345 Å². The summed E-state index contributed by atoms with van der Waals surface area (Å²) in [4.78, 5) is 30.8. The number of hydrogen-bond acceptors (Lipinski definition) is 9. The molecule has 0 saturated heterocycles. The van der Waals surface area contributed by atoms with E-state index in [0.717, 1.165) is 123 Å². The molecule has 59 heavy (non-hydrogen) atoms. The number of pyridine rings is 2. The maximum atomic E-state index is 12.9. The number of aromatic nitrogens is 8. The molecule has 0 bridgehead atoms. The van der Waals surface area contributed by atoms with E-state index in [4.69, 9.17) is 11.5 Å². The van der Waals surface area contributed by atoms with Crippen molar-refractivity contribution in [1.82, 2.24) is 39.9 Å². The molecule has 8 aromatic rings. The Morgan fingerprint density at radius 1 is 0.627 bits per heavy atom. The van der Waals surface area contributed by atoms with Crippen molar-refractivity contribution in [3.05, 3.63) is 83.4 Å². The summed E-state index contributed by atoms with van der Waals surface area (Å²) in [5.74, 6) is 3.16. The van der Waals surface area contributed by atoms with Crippen LogP contribution in [0.3, 0.4) is 0 Å². The second kappa shape index (κ2) is 15.9. The summed E-state index contributed by atoms with van der Waals surface area (Å²) in [6.07, 6.45) is 10.7. The summed E-state index contributed by atoms with van der Waals surface area (Å²) in [7, 11) is -3.93. The number of benzene rings is 2. The first kappa shape index (κ1) is 38.9. The lowest BCUT2D eigenvalue weighted by atomic mass is 10.0. The third-order valence-corrected chi connectivity index (χ3v) is 15.9. The van der Waals surface area contributed by atoms with Crippen molar-refractivity contribution in [2.24, 2.45) is 0 Å². The number of aryl methyl sites for hydroxylation is 2. The molecular formula is C44H50N10O3S2. The van der Waals surface area contributed by atoms with Gasteiger partial charge in [0.25, 0.3) is 0 Å². The maximum absolute atomic E-state index is 12.9. The molecule has 10 rings (SSSR count). The Balaban J connectivity index is 0.000000152. The van der Waals surface area contributed by atoms with Gasteiger partial charge in [-0.15, -0.1) is 0 Å². The summed E-state index contributed by atoms with van der Waals surface area (Å²) in [5.41, 5.74) is 22.6. The number of nitrogens with one attached hydrogen (secondary N) is 4. The van der Waals surface area contributed by atoms with E-state index >= 15 is 0 Å². The second-order valence-corrected chi connectivity index (χ2v) is 20.3. The van der Waals surface area contributed by atoms with Crippen LogP contribution in [0.5, 0.6) is 0 Å². The first-order chi connectivity index (χ1) is 28.5. The van der Waals surface area contributed by atoms with Gasteiger partial charge in [0, 0.05) is 66.1 Å². The molecule has 306 valence electrons. The van der Waals surface area contributed by atoms with Crippen LogP contribution in [0.2, 0.25) is 0 Å². The fraction of sp³-hybridized carbons (Fsp3) is 0.364. The summed E-state index contributed by atoms with van der Waals surface area (Å²) in [6.45, 7) is 3.79. The van der Waals surface area contributed by atoms with Gasteiger partial charge in [0.05, 0.1) is 22.0 Å². The maximum Gasteiger partial charge on any atom is 0.180 e. The van der Waals surface area contributed by atoms with E-state index in [0.29, 0.717) is 33.9 Å². The quantitative estimate of drug-likeness (QED) is 0.0861. The summed E-state index contributed by atoms with van der Waals surface area (Å²) < 4.78 is 38.5. The number of rotatable bonds is 8. The lowest BCUT2D eigenvalue weighted by Crippen LogP contribution is -2.25. The molecule has 0 amide bonds. The predicted molar refractivity (Wildman–Crippen MR) is 239 cm³/mol. The number of nitrogen functional groups attached to an aromatic ring is 2. The Morgan fingerprint density at radius 2 is 1.12 bits per heavy atom. The second-order valence-electron chi connectivity index (χ2n) is 16.3. The Hall–Kier alpha value is -5.54. The molecule has 1 unspecified atom stereocenters. The van der Waals surface area contributed by atoms with Crippen molar-refractivity contribution < 1.29 is 12.6 Å². The molecule has 2 aromatic carbocycles. The minimum absolute atomic E-state index is 0.0975. The van der Waals surface area contributed by atoms with Crippen molar-refractivity contribution in [3.63, 3.8) is 0 Å². The number of hydrogen-bond donors (Lipinski definition) is 6. The predicted octanol–water partition coefficient (Wildman–Crippen LogP) is 8.82. The molecule has 2 fully saturated rings. The van der Waals surface area contributed by atoms with Crippen LogP contribution in [0.25, 0.3) is 66.6 Å². The number of fused-ring (bicyclic) bond motifs is 4. The van der Waals surface area contributed by atoms with E-state index in [-0.39, 0.29) is 11.0 Å². The minimum Gasteiger partial charge on any atom is -0.384 e. The van der Waals surface area contributed by atoms with Crippen molar-refractivity contribution in [2.75, 3.05) is 11.5 Å². The van der Waals surface area contributed by atoms with E-state index in [1.54, 1.807) is 0 Å². The Morgan fingerprint density at radius 3 is 1.66 bits per heavy atom. The van der Waals surface area contributed by atoms with Gasteiger partial charge in [-0.1, -0.05) is 50.7 Å².